The van der Waals surface area contributed by atoms with E-state index >= 15 is 0 Å². The van der Waals surface area contributed by atoms with Gasteiger partial charge in [0.05, 0.1) is 5.60 Å². The molecule has 4 heteroatoms. The van der Waals surface area contributed by atoms with Crippen molar-refractivity contribution in [2.75, 3.05) is 12.8 Å². The lowest BCUT2D eigenvalue weighted by molar-refractivity contribution is 0.0731. The lowest BCUT2D eigenvalue weighted by atomic mass is 10.0. The van der Waals surface area contributed by atoms with Gasteiger partial charge in [-0.3, -0.25) is 0 Å². The van der Waals surface area contributed by atoms with Gasteiger partial charge in [-0.2, -0.15) is 0 Å². The van der Waals surface area contributed by atoms with Crippen molar-refractivity contribution in [1.82, 2.24) is 5.16 Å². The maximum absolute atomic E-state index is 5.53. The van der Waals surface area contributed by atoms with Crippen LogP contribution in [0.3, 0.4) is 0 Å². The second-order valence-corrected chi connectivity index (χ2v) is 5.20. The summed E-state index contributed by atoms with van der Waals surface area (Å²) in [7, 11) is 1.81. The Morgan fingerprint density at radius 2 is 2.05 bits per heavy atom. The normalized spacial score (nSPS) is 16.5. The van der Waals surface area contributed by atoms with Crippen molar-refractivity contribution < 1.29 is 9.26 Å². The molecular weight excluding hydrogens is 240 g/mol. The molecule has 0 bridgehead atoms. The molecule has 1 aromatic heterocycles. The van der Waals surface area contributed by atoms with Crippen molar-refractivity contribution in [3.63, 3.8) is 0 Å². The van der Waals surface area contributed by atoms with Crippen LogP contribution < -0.4 is 5.73 Å². The summed E-state index contributed by atoms with van der Waals surface area (Å²) in [6.45, 7) is 0. The standard InChI is InChI=1S/C15H18N2O2/c1-18-15(8-9-15)7-6-11-2-4-12(5-3-11)13-10-14(16)19-17-13/h2-5,10H,6-9,16H2,1H3. The lowest BCUT2D eigenvalue weighted by Gasteiger charge is -2.12. The van der Waals surface area contributed by atoms with E-state index in [-0.39, 0.29) is 5.60 Å². The van der Waals surface area contributed by atoms with Gasteiger partial charge in [-0.1, -0.05) is 29.4 Å². The number of aromatic nitrogens is 1. The molecule has 0 saturated heterocycles. The average Bonchev–Trinajstić information content (AvgIpc) is 3.11. The van der Waals surface area contributed by atoms with Gasteiger partial charge in [0.2, 0.25) is 5.88 Å². The van der Waals surface area contributed by atoms with E-state index in [0.717, 1.165) is 24.1 Å². The van der Waals surface area contributed by atoms with E-state index in [9.17, 15) is 0 Å². The van der Waals surface area contributed by atoms with Crippen LogP contribution in [0.2, 0.25) is 0 Å². The summed E-state index contributed by atoms with van der Waals surface area (Å²) in [5, 5.41) is 3.90. The van der Waals surface area contributed by atoms with Crippen molar-refractivity contribution >= 4 is 5.88 Å². The molecule has 0 radical (unpaired) electrons. The molecule has 1 heterocycles. The van der Waals surface area contributed by atoms with Gasteiger partial charge in [0, 0.05) is 18.7 Å². The van der Waals surface area contributed by atoms with Crippen LogP contribution in [0.4, 0.5) is 5.88 Å². The van der Waals surface area contributed by atoms with E-state index in [1.54, 1.807) is 6.07 Å². The van der Waals surface area contributed by atoms with Gasteiger partial charge >= 0.3 is 0 Å². The van der Waals surface area contributed by atoms with Crippen LogP contribution in [0.15, 0.2) is 34.9 Å². The van der Waals surface area contributed by atoms with Crippen LogP contribution >= 0.6 is 0 Å². The predicted octanol–water partition coefficient (Wildman–Crippen LogP) is 3.04. The SMILES string of the molecule is COC1(CCc2ccc(-c3cc(N)on3)cc2)CC1. The smallest absolute Gasteiger partial charge is 0.222 e. The lowest BCUT2D eigenvalue weighted by Crippen LogP contribution is -2.12. The molecule has 0 spiro atoms. The minimum atomic E-state index is 0.166. The highest BCUT2D eigenvalue weighted by atomic mass is 16.5. The van der Waals surface area contributed by atoms with E-state index in [4.69, 9.17) is 15.0 Å². The molecule has 1 aromatic carbocycles. The molecule has 100 valence electrons. The third-order valence-electron chi connectivity index (χ3n) is 3.89. The fourth-order valence-corrected chi connectivity index (χ4v) is 2.34. The zero-order valence-electron chi connectivity index (χ0n) is 11.1. The number of nitrogens with zero attached hydrogens (tertiary/aromatic N) is 1. The van der Waals surface area contributed by atoms with Crippen LogP contribution in [0.25, 0.3) is 11.3 Å². The van der Waals surface area contributed by atoms with Crippen molar-refractivity contribution in [3.05, 3.63) is 35.9 Å². The van der Waals surface area contributed by atoms with Crippen LogP contribution in [-0.4, -0.2) is 17.9 Å². The van der Waals surface area contributed by atoms with Crippen LogP contribution in [0.5, 0.6) is 0 Å². The molecular formula is C15H18N2O2. The van der Waals surface area contributed by atoms with Gasteiger partial charge in [0.1, 0.15) is 5.69 Å². The number of rotatable bonds is 5. The molecule has 0 atom stereocenters. The monoisotopic (exact) mass is 258 g/mol. The van der Waals surface area contributed by atoms with Crippen molar-refractivity contribution in [3.8, 4) is 11.3 Å². The molecule has 4 nitrogen and oxygen atoms in total. The Morgan fingerprint density at radius 3 is 2.58 bits per heavy atom. The summed E-state index contributed by atoms with van der Waals surface area (Å²) < 4.78 is 10.4. The third kappa shape index (κ3) is 2.63. The number of benzene rings is 1. The first kappa shape index (κ1) is 12.2. The minimum absolute atomic E-state index is 0.166. The first-order valence-electron chi connectivity index (χ1n) is 6.57. The highest BCUT2D eigenvalue weighted by Crippen LogP contribution is 2.42. The van der Waals surface area contributed by atoms with Crippen molar-refractivity contribution in [2.45, 2.75) is 31.3 Å². The molecule has 19 heavy (non-hydrogen) atoms. The Labute approximate surface area is 112 Å². The highest BCUT2D eigenvalue weighted by molar-refractivity contribution is 5.61. The van der Waals surface area contributed by atoms with Gasteiger partial charge < -0.3 is 15.0 Å². The molecule has 1 aliphatic rings. The summed E-state index contributed by atoms with van der Waals surface area (Å²) in [5.74, 6) is 0.342. The fourth-order valence-electron chi connectivity index (χ4n) is 2.34. The Balaban J connectivity index is 1.65. The van der Waals surface area contributed by atoms with Crippen LogP contribution in [0.1, 0.15) is 24.8 Å². The van der Waals surface area contributed by atoms with Gasteiger partial charge in [-0.25, -0.2) is 0 Å². The topological polar surface area (TPSA) is 61.3 Å². The molecule has 3 rings (SSSR count). The molecule has 1 fully saturated rings. The number of aryl methyl sites for hydroxylation is 1. The van der Waals surface area contributed by atoms with E-state index in [1.165, 1.54) is 18.4 Å². The van der Waals surface area contributed by atoms with Crippen LogP contribution in [0, 0.1) is 0 Å². The number of hydrogen-bond donors (Lipinski definition) is 1. The predicted molar refractivity (Wildman–Crippen MR) is 73.6 cm³/mol. The zero-order valence-corrected chi connectivity index (χ0v) is 11.1. The molecule has 2 aromatic rings. The summed E-state index contributed by atoms with van der Waals surface area (Å²) in [6, 6.07) is 10.1. The first-order chi connectivity index (χ1) is 9.21. The van der Waals surface area contributed by atoms with E-state index in [2.05, 4.69) is 29.4 Å². The maximum Gasteiger partial charge on any atom is 0.222 e. The van der Waals surface area contributed by atoms with Gasteiger partial charge in [0.15, 0.2) is 0 Å². The number of hydrogen-bond acceptors (Lipinski definition) is 4. The zero-order chi connectivity index (χ0) is 13.3. The summed E-state index contributed by atoms with van der Waals surface area (Å²) in [5.41, 5.74) is 8.81. The van der Waals surface area contributed by atoms with E-state index in [1.807, 2.05) is 7.11 Å². The minimum Gasteiger partial charge on any atom is -0.378 e. The highest BCUT2D eigenvalue weighted by Gasteiger charge is 2.42. The summed E-state index contributed by atoms with van der Waals surface area (Å²) >= 11 is 0. The third-order valence-corrected chi connectivity index (χ3v) is 3.89. The summed E-state index contributed by atoms with van der Waals surface area (Å²) in [4.78, 5) is 0. The molecule has 1 saturated carbocycles. The van der Waals surface area contributed by atoms with Gasteiger partial charge in [-0.05, 0) is 31.2 Å². The number of anilines is 1. The van der Waals surface area contributed by atoms with E-state index in [0.29, 0.717) is 5.88 Å². The Morgan fingerprint density at radius 1 is 1.32 bits per heavy atom. The molecule has 1 aliphatic carbocycles. The maximum atomic E-state index is 5.53. The first-order valence-corrected chi connectivity index (χ1v) is 6.57. The quantitative estimate of drug-likeness (QED) is 0.895. The molecule has 0 amide bonds. The molecule has 0 aliphatic heterocycles. The van der Waals surface area contributed by atoms with Gasteiger partial charge in [0.25, 0.3) is 0 Å². The number of methoxy groups -OCH3 is 1. The Kier molecular flexibility index (Phi) is 3.03. The largest absolute Gasteiger partial charge is 0.378 e. The second kappa shape index (κ2) is 4.70. The molecule has 2 N–H and O–H groups in total. The fraction of sp³-hybridized carbons (Fsp3) is 0.400. The number of nitrogen functional groups attached to an aromatic ring is 1. The Bertz CT molecular complexity index is 556. The second-order valence-electron chi connectivity index (χ2n) is 5.20. The molecule has 0 unspecified atom stereocenters. The summed E-state index contributed by atoms with van der Waals surface area (Å²) in [6.07, 6.45) is 4.54. The average molecular weight is 258 g/mol. The van der Waals surface area contributed by atoms with Crippen molar-refractivity contribution in [1.29, 1.82) is 0 Å². The van der Waals surface area contributed by atoms with Crippen molar-refractivity contribution in [2.24, 2.45) is 0 Å². The van der Waals surface area contributed by atoms with Crippen LogP contribution in [-0.2, 0) is 11.2 Å². The van der Waals surface area contributed by atoms with E-state index < -0.39 is 0 Å². The number of nitrogens with two attached hydrogens (primary N) is 1. The Hall–Kier alpha value is -1.81. The number of ether oxygens (including phenoxy) is 1. The van der Waals surface area contributed by atoms with Gasteiger partial charge in [-0.15, -0.1) is 0 Å².